The zero-order valence-corrected chi connectivity index (χ0v) is 12.1. The predicted octanol–water partition coefficient (Wildman–Crippen LogP) is 3.22. The SMILES string of the molecule is Cc1cccc(-c2nn3c(-c4ccncc4)nnc3s2)c1. The van der Waals surface area contributed by atoms with Crippen LogP contribution < -0.4 is 0 Å². The maximum atomic E-state index is 4.65. The molecule has 0 N–H and O–H groups in total. The van der Waals surface area contributed by atoms with Crippen molar-refractivity contribution in [3.8, 4) is 22.0 Å². The van der Waals surface area contributed by atoms with Crippen LogP contribution in [0.2, 0.25) is 0 Å². The van der Waals surface area contributed by atoms with Gasteiger partial charge in [-0.05, 0) is 25.1 Å². The first-order valence-corrected chi connectivity index (χ1v) is 7.32. The van der Waals surface area contributed by atoms with Crippen LogP contribution in [-0.4, -0.2) is 24.8 Å². The third kappa shape index (κ3) is 2.09. The lowest BCUT2D eigenvalue weighted by molar-refractivity contribution is 0.969. The fourth-order valence-corrected chi connectivity index (χ4v) is 3.03. The van der Waals surface area contributed by atoms with E-state index in [1.165, 1.54) is 16.9 Å². The number of nitrogens with zero attached hydrogens (tertiary/aromatic N) is 5. The van der Waals surface area contributed by atoms with Gasteiger partial charge in [0.15, 0.2) is 5.82 Å². The van der Waals surface area contributed by atoms with Crippen LogP contribution in [0.25, 0.3) is 26.9 Å². The Kier molecular flexibility index (Phi) is 2.75. The van der Waals surface area contributed by atoms with E-state index in [0.29, 0.717) is 0 Å². The summed E-state index contributed by atoms with van der Waals surface area (Å²) in [6.07, 6.45) is 3.48. The highest BCUT2D eigenvalue weighted by Gasteiger charge is 2.14. The molecule has 1 aromatic carbocycles. The second-order valence-electron chi connectivity index (χ2n) is 4.73. The summed E-state index contributed by atoms with van der Waals surface area (Å²) < 4.78 is 1.79. The van der Waals surface area contributed by atoms with Crippen LogP contribution in [-0.2, 0) is 0 Å². The third-order valence-corrected chi connectivity index (χ3v) is 4.14. The number of hydrogen-bond acceptors (Lipinski definition) is 5. The number of pyridine rings is 1. The van der Waals surface area contributed by atoms with Crippen molar-refractivity contribution in [3.63, 3.8) is 0 Å². The topological polar surface area (TPSA) is 56.0 Å². The smallest absolute Gasteiger partial charge is 0.235 e. The first-order valence-electron chi connectivity index (χ1n) is 6.51. The standard InChI is InChI=1S/C15H11N5S/c1-10-3-2-4-12(9-10)14-19-20-13(17-18-15(20)21-14)11-5-7-16-8-6-11/h2-9H,1H3. The van der Waals surface area contributed by atoms with Crippen LogP contribution in [0.3, 0.4) is 0 Å². The van der Waals surface area contributed by atoms with Crippen molar-refractivity contribution >= 4 is 16.3 Å². The average Bonchev–Trinajstić information content (AvgIpc) is 3.08. The first-order chi connectivity index (χ1) is 10.3. The lowest BCUT2D eigenvalue weighted by Gasteiger charge is -1.97. The fraction of sp³-hybridized carbons (Fsp3) is 0.0667. The van der Waals surface area contributed by atoms with E-state index in [4.69, 9.17) is 0 Å². The minimum absolute atomic E-state index is 0.738. The van der Waals surface area contributed by atoms with Gasteiger partial charge in [0.05, 0.1) is 0 Å². The summed E-state index contributed by atoms with van der Waals surface area (Å²) in [7, 11) is 0. The summed E-state index contributed by atoms with van der Waals surface area (Å²) in [6.45, 7) is 2.08. The molecule has 0 bridgehead atoms. The van der Waals surface area contributed by atoms with E-state index >= 15 is 0 Å². The summed E-state index contributed by atoms with van der Waals surface area (Å²) in [5, 5.41) is 14.0. The van der Waals surface area contributed by atoms with E-state index in [2.05, 4.69) is 45.4 Å². The van der Waals surface area contributed by atoms with E-state index in [1.54, 1.807) is 16.9 Å². The predicted molar refractivity (Wildman–Crippen MR) is 82.1 cm³/mol. The fourth-order valence-electron chi connectivity index (χ4n) is 2.19. The quantitative estimate of drug-likeness (QED) is 0.569. The number of rotatable bonds is 2. The van der Waals surface area contributed by atoms with Crippen LogP contribution in [0.15, 0.2) is 48.8 Å². The second-order valence-corrected chi connectivity index (χ2v) is 5.69. The van der Waals surface area contributed by atoms with E-state index in [-0.39, 0.29) is 0 Å². The number of fused-ring (bicyclic) bond motifs is 1. The highest BCUT2D eigenvalue weighted by molar-refractivity contribution is 7.19. The van der Waals surface area contributed by atoms with Crippen LogP contribution in [0.5, 0.6) is 0 Å². The number of aryl methyl sites for hydroxylation is 1. The zero-order chi connectivity index (χ0) is 14.2. The van der Waals surface area contributed by atoms with Crippen molar-refractivity contribution in [2.45, 2.75) is 6.92 Å². The Hall–Kier alpha value is -2.60. The van der Waals surface area contributed by atoms with Gasteiger partial charge in [-0.2, -0.15) is 9.61 Å². The van der Waals surface area contributed by atoms with Crippen LogP contribution in [0, 0.1) is 6.92 Å². The lowest BCUT2D eigenvalue weighted by Crippen LogP contribution is -1.91. The van der Waals surface area contributed by atoms with Crippen LogP contribution in [0.4, 0.5) is 0 Å². The van der Waals surface area contributed by atoms with Gasteiger partial charge in [-0.3, -0.25) is 4.98 Å². The minimum atomic E-state index is 0.738. The Morgan fingerprint density at radius 3 is 2.67 bits per heavy atom. The molecule has 6 heteroatoms. The van der Waals surface area contributed by atoms with E-state index in [0.717, 1.165) is 26.9 Å². The summed E-state index contributed by atoms with van der Waals surface area (Å²) in [4.78, 5) is 4.81. The number of hydrogen-bond donors (Lipinski definition) is 0. The molecule has 0 fully saturated rings. The van der Waals surface area contributed by atoms with Gasteiger partial charge in [-0.15, -0.1) is 10.2 Å². The van der Waals surface area contributed by atoms with Gasteiger partial charge in [0.1, 0.15) is 5.01 Å². The third-order valence-electron chi connectivity index (χ3n) is 3.19. The van der Waals surface area contributed by atoms with Gasteiger partial charge in [0.25, 0.3) is 0 Å². The van der Waals surface area contributed by atoms with Gasteiger partial charge in [0.2, 0.25) is 4.96 Å². The van der Waals surface area contributed by atoms with Gasteiger partial charge >= 0.3 is 0 Å². The molecular formula is C15H11N5S. The Morgan fingerprint density at radius 2 is 1.86 bits per heavy atom. The molecule has 0 unspecified atom stereocenters. The van der Waals surface area contributed by atoms with Crippen molar-refractivity contribution in [2.75, 3.05) is 0 Å². The van der Waals surface area contributed by atoms with Crippen molar-refractivity contribution < 1.29 is 0 Å². The van der Waals surface area contributed by atoms with E-state index in [1.807, 2.05) is 18.2 Å². The number of benzene rings is 1. The molecule has 5 nitrogen and oxygen atoms in total. The summed E-state index contributed by atoms with van der Waals surface area (Å²) in [5.74, 6) is 0.738. The highest BCUT2D eigenvalue weighted by atomic mass is 32.1. The molecule has 21 heavy (non-hydrogen) atoms. The summed E-state index contributed by atoms with van der Waals surface area (Å²) in [6, 6.07) is 12.1. The van der Waals surface area contributed by atoms with Gasteiger partial charge in [0, 0.05) is 23.5 Å². The highest BCUT2D eigenvalue weighted by Crippen LogP contribution is 2.28. The molecule has 0 saturated heterocycles. The Morgan fingerprint density at radius 1 is 1.00 bits per heavy atom. The van der Waals surface area contributed by atoms with Crippen molar-refractivity contribution in [3.05, 3.63) is 54.4 Å². The first kappa shape index (κ1) is 12.2. The molecule has 0 radical (unpaired) electrons. The van der Waals surface area contributed by atoms with Crippen molar-refractivity contribution in [1.82, 2.24) is 24.8 Å². The average molecular weight is 293 g/mol. The molecule has 0 saturated carbocycles. The summed E-state index contributed by atoms with van der Waals surface area (Å²) in [5.41, 5.74) is 3.28. The molecule has 0 aliphatic carbocycles. The van der Waals surface area contributed by atoms with E-state index in [9.17, 15) is 0 Å². The number of aromatic nitrogens is 5. The monoisotopic (exact) mass is 293 g/mol. The molecule has 3 heterocycles. The Labute approximate surface area is 124 Å². The lowest BCUT2D eigenvalue weighted by atomic mass is 10.1. The largest absolute Gasteiger partial charge is 0.265 e. The molecular weight excluding hydrogens is 282 g/mol. The molecule has 0 aliphatic rings. The molecule has 0 atom stereocenters. The van der Waals surface area contributed by atoms with Crippen LogP contribution in [0.1, 0.15) is 5.56 Å². The molecule has 102 valence electrons. The molecule has 0 aliphatic heterocycles. The van der Waals surface area contributed by atoms with Crippen molar-refractivity contribution in [2.24, 2.45) is 0 Å². The van der Waals surface area contributed by atoms with Gasteiger partial charge in [-0.1, -0.05) is 35.1 Å². The van der Waals surface area contributed by atoms with Crippen molar-refractivity contribution in [1.29, 1.82) is 0 Å². The molecule has 4 rings (SSSR count). The normalized spacial score (nSPS) is 11.1. The Bertz CT molecular complexity index is 910. The van der Waals surface area contributed by atoms with E-state index < -0.39 is 0 Å². The second kappa shape index (κ2) is 4.75. The van der Waals surface area contributed by atoms with Gasteiger partial charge in [-0.25, -0.2) is 0 Å². The van der Waals surface area contributed by atoms with Crippen LogP contribution >= 0.6 is 11.3 Å². The molecule has 0 amide bonds. The Balaban J connectivity index is 1.87. The van der Waals surface area contributed by atoms with Gasteiger partial charge < -0.3 is 0 Å². The molecule has 4 aromatic rings. The summed E-state index contributed by atoms with van der Waals surface area (Å²) >= 11 is 1.54. The zero-order valence-electron chi connectivity index (χ0n) is 11.3. The molecule has 0 spiro atoms. The maximum absolute atomic E-state index is 4.65. The maximum Gasteiger partial charge on any atom is 0.235 e. The minimum Gasteiger partial charge on any atom is -0.265 e. The molecule has 3 aromatic heterocycles.